The highest BCUT2D eigenvalue weighted by atomic mass is 32.1. The van der Waals surface area contributed by atoms with Crippen molar-refractivity contribution >= 4 is 11.3 Å². The third-order valence-corrected chi connectivity index (χ3v) is 3.66. The second-order valence-corrected chi connectivity index (χ2v) is 5.50. The van der Waals surface area contributed by atoms with Crippen molar-refractivity contribution in [3.8, 4) is 5.75 Å². The van der Waals surface area contributed by atoms with Gasteiger partial charge in [0.25, 0.3) is 0 Å². The molecule has 0 aliphatic rings. The van der Waals surface area contributed by atoms with E-state index in [4.69, 9.17) is 0 Å². The Bertz CT molecular complexity index is 521. The number of hydrogen-bond donors (Lipinski definition) is 2. The summed E-state index contributed by atoms with van der Waals surface area (Å²) in [7, 11) is 0. The molecular formula is C13H15FN2OS. The molecule has 0 radical (unpaired) electrons. The Kier molecular flexibility index (Phi) is 3.93. The van der Waals surface area contributed by atoms with E-state index in [2.05, 4.69) is 10.3 Å². The summed E-state index contributed by atoms with van der Waals surface area (Å²) in [5.41, 5.74) is 0.715. The summed E-state index contributed by atoms with van der Waals surface area (Å²) in [6.07, 6.45) is 1.84. The number of aryl methyl sites for hydroxylation is 1. The van der Waals surface area contributed by atoms with Crippen molar-refractivity contribution in [3.05, 3.63) is 45.7 Å². The first kappa shape index (κ1) is 13.0. The largest absolute Gasteiger partial charge is 0.508 e. The van der Waals surface area contributed by atoms with E-state index in [0.717, 1.165) is 11.1 Å². The minimum atomic E-state index is -0.426. The summed E-state index contributed by atoms with van der Waals surface area (Å²) in [4.78, 5) is 5.46. The van der Waals surface area contributed by atoms with Crippen molar-refractivity contribution in [1.29, 1.82) is 0 Å². The number of nitrogens with one attached hydrogen (secondary N) is 1. The molecule has 2 rings (SSSR count). The van der Waals surface area contributed by atoms with E-state index in [1.54, 1.807) is 17.4 Å². The van der Waals surface area contributed by atoms with Crippen LogP contribution in [0, 0.1) is 12.7 Å². The fourth-order valence-corrected chi connectivity index (χ4v) is 2.47. The van der Waals surface area contributed by atoms with Crippen molar-refractivity contribution in [3.63, 3.8) is 0 Å². The number of benzene rings is 1. The fraction of sp³-hybridized carbons (Fsp3) is 0.308. The summed E-state index contributed by atoms with van der Waals surface area (Å²) in [6, 6.07) is 4.16. The molecule has 0 spiro atoms. The Balaban J connectivity index is 1.99. The average Bonchev–Trinajstić information content (AvgIpc) is 2.71. The molecule has 3 nitrogen and oxygen atoms in total. The van der Waals surface area contributed by atoms with Crippen LogP contribution in [0.1, 0.15) is 28.4 Å². The van der Waals surface area contributed by atoms with Crippen LogP contribution in [0.15, 0.2) is 24.4 Å². The molecule has 1 heterocycles. The van der Waals surface area contributed by atoms with Gasteiger partial charge in [-0.15, -0.1) is 11.3 Å². The number of aromatic hydroxyl groups is 1. The third-order valence-electron chi connectivity index (χ3n) is 2.56. The molecule has 0 amide bonds. The standard InChI is InChI=1S/C13H15FN2OS/c1-8-6-16-13(18-8)9(2)15-7-10-3-11(14)5-12(17)4-10/h3-6,9,15,17H,7H2,1-2H3. The average molecular weight is 266 g/mol. The van der Waals surface area contributed by atoms with Gasteiger partial charge in [0.1, 0.15) is 16.6 Å². The Morgan fingerprint density at radius 1 is 1.44 bits per heavy atom. The van der Waals surface area contributed by atoms with E-state index < -0.39 is 5.82 Å². The molecule has 2 N–H and O–H groups in total. The van der Waals surface area contributed by atoms with Crippen LogP contribution in [-0.4, -0.2) is 10.1 Å². The van der Waals surface area contributed by atoms with E-state index in [0.29, 0.717) is 12.1 Å². The minimum absolute atomic E-state index is 0.0513. The minimum Gasteiger partial charge on any atom is -0.508 e. The van der Waals surface area contributed by atoms with Crippen LogP contribution >= 0.6 is 11.3 Å². The van der Waals surface area contributed by atoms with Gasteiger partial charge in [-0.2, -0.15) is 0 Å². The zero-order valence-corrected chi connectivity index (χ0v) is 11.1. The van der Waals surface area contributed by atoms with Crippen molar-refractivity contribution in [2.24, 2.45) is 0 Å². The molecule has 0 fully saturated rings. The van der Waals surface area contributed by atoms with Gasteiger partial charge in [-0.1, -0.05) is 0 Å². The molecule has 0 bridgehead atoms. The SMILES string of the molecule is Cc1cnc(C(C)NCc2cc(O)cc(F)c2)s1. The normalized spacial score (nSPS) is 12.6. The molecule has 1 aromatic heterocycles. The van der Waals surface area contributed by atoms with Gasteiger partial charge >= 0.3 is 0 Å². The van der Waals surface area contributed by atoms with E-state index in [1.807, 2.05) is 20.0 Å². The topological polar surface area (TPSA) is 45.2 Å². The molecule has 96 valence electrons. The van der Waals surface area contributed by atoms with E-state index in [9.17, 15) is 9.50 Å². The van der Waals surface area contributed by atoms with Crippen LogP contribution < -0.4 is 5.32 Å². The number of rotatable bonds is 4. The highest BCUT2D eigenvalue weighted by molar-refractivity contribution is 7.11. The van der Waals surface area contributed by atoms with Gasteiger partial charge in [0.2, 0.25) is 0 Å². The van der Waals surface area contributed by atoms with Gasteiger partial charge in [0.15, 0.2) is 0 Å². The summed E-state index contributed by atoms with van der Waals surface area (Å²) >= 11 is 1.64. The van der Waals surface area contributed by atoms with Crippen molar-refractivity contribution in [1.82, 2.24) is 10.3 Å². The number of hydrogen-bond acceptors (Lipinski definition) is 4. The maximum Gasteiger partial charge on any atom is 0.127 e. The van der Waals surface area contributed by atoms with E-state index in [-0.39, 0.29) is 11.8 Å². The Morgan fingerprint density at radius 2 is 2.22 bits per heavy atom. The summed E-state index contributed by atoms with van der Waals surface area (Å²) in [5.74, 6) is -0.478. The molecule has 0 saturated heterocycles. The van der Waals surface area contributed by atoms with Gasteiger partial charge in [0, 0.05) is 23.7 Å². The summed E-state index contributed by atoms with van der Waals surface area (Å²) in [6.45, 7) is 4.51. The van der Waals surface area contributed by atoms with Gasteiger partial charge in [-0.25, -0.2) is 9.37 Å². The van der Waals surface area contributed by atoms with Gasteiger partial charge in [-0.05, 0) is 31.5 Å². The van der Waals surface area contributed by atoms with Crippen LogP contribution in [0.3, 0.4) is 0 Å². The molecule has 1 unspecified atom stereocenters. The van der Waals surface area contributed by atoms with Crippen LogP contribution in [-0.2, 0) is 6.54 Å². The maximum atomic E-state index is 13.1. The molecule has 0 aliphatic heterocycles. The Hall–Kier alpha value is -1.46. The lowest BCUT2D eigenvalue weighted by Gasteiger charge is -2.11. The first-order valence-corrected chi connectivity index (χ1v) is 6.50. The first-order chi connectivity index (χ1) is 8.54. The van der Waals surface area contributed by atoms with Gasteiger partial charge in [-0.3, -0.25) is 0 Å². The van der Waals surface area contributed by atoms with E-state index in [1.165, 1.54) is 10.9 Å². The van der Waals surface area contributed by atoms with Gasteiger partial charge < -0.3 is 10.4 Å². The highest BCUT2D eigenvalue weighted by Gasteiger charge is 2.09. The molecule has 0 saturated carbocycles. The Labute approximate surface area is 109 Å². The lowest BCUT2D eigenvalue weighted by atomic mass is 10.2. The molecule has 1 aromatic carbocycles. The Morgan fingerprint density at radius 3 is 2.83 bits per heavy atom. The molecule has 5 heteroatoms. The predicted octanol–water partition coefficient (Wildman–Crippen LogP) is 3.15. The summed E-state index contributed by atoms with van der Waals surface area (Å²) in [5, 5.41) is 13.6. The number of nitrogens with zero attached hydrogens (tertiary/aromatic N) is 1. The lowest BCUT2D eigenvalue weighted by Crippen LogP contribution is -2.17. The monoisotopic (exact) mass is 266 g/mol. The highest BCUT2D eigenvalue weighted by Crippen LogP contribution is 2.20. The zero-order chi connectivity index (χ0) is 13.1. The molecule has 0 aliphatic carbocycles. The van der Waals surface area contributed by atoms with E-state index >= 15 is 0 Å². The maximum absolute atomic E-state index is 13.1. The van der Waals surface area contributed by atoms with Crippen LogP contribution in [0.5, 0.6) is 5.75 Å². The fourth-order valence-electron chi connectivity index (χ4n) is 1.67. The summed E-state index contributed by atoms with van der Waals surface area (Å²) < 4.78 is 13.1. The smallest absolute Gasteiger partial charge is 0.127 e. The number of phenolic OH excluding ortho intramolecular Hbond substituents is 1. The molecule has 2 aromatic rings. The molecule has 18 heavy (non-hydrogen) atoms. The van der Waals surface area contributed by atoms with Crippen LogP contribution in [0.2, 0.25) is 0 Å². The number of halogens is 1. The predicted molar refractivity (Wildman–Crippen MR) is 70.2 cm³/mol. The number of aromatic nitrogens is 1. The third kappa shape index (κ3) is 3.27. The zero-order valence-electron chi connectivity index (χ0n) is 10.3. The number of thiazole rings is 1. The van der Waals surface area contributed by atoms with Gasteiger partial charge in [0.05, 0.1) is 6.04 Å². The van der Waals surface area contributed by atoms with Crippen molar-refractivity contribution < 1.29 is 9.50 Å². The quantitative estimate of drug-likeness (QED) is 0.893. The second-order valence-electron chi connectivity index (χ2n) is 4.23. The first-order valence-electron chi connectivity index (χ1n) is 5.69. The molecule has 1 atom stereocenters. The second kappa shape index (κ2) is 5.46. The van der Waals surface area contributed by atoms with Crippen molar-refractivity contribution in [2.45, 2.75) is 26.4 Å². The van der Waals surface area contributed by atoms with Crippen LogP contribution in [0.25, 0.3) is 0 Å². The lowest BCUT2D eigenvalue weighted by molar-refractivity contribution is 0.466. The van der Waals surface area contributed by atoms with Crippen molar-refractivity contribution in [2.75, 3.05) is 0 Å². The number of phenols is 1. The molecular weight excluding hydrogens is 251 g/mol. The van der Waals surface area contributed by atoms with Crippen LogP contribution in [0.4, 0.5) is 4.39 Å².